The maximum Gasteiger partial charge on any atom is 0.407 e. The van der Waals surface area contributed by atoms with Gasteiger partial charge in [0.2, 0.25) is 0 Å². The lowest BCUT2D eigenvalue weighted by molar-refractivity contribution is 0.0493. The van der Waals surface area contributed by atoms with Gasteiger partial charge in [0.1, 0.15) is 5.60 Å². The number of amides is 1. The summed E-state index contributed by atoms with van der Waals surface area (Å²) in [4.78, 5) is 11.7. The molecule has 0 aliphatic heterocycles. The predicted molar refractivity (Wildman–Crippen MR) is 71.3 cm³/mol. The van der Waals surface area contributed by atoms with E-state index in [1.165, 1.54) is 0 Å². The van der Waals surface area contributed by atoms with E-state index >= 15 is 0 Å². The summed E-state index contributed by atoms with van der Waals surface area (Å²) in [7, 11) is -3.46. The fourth-order valence-electron chi connectivity index (χ4n) is 2.18. The van der Waals surface area contributed by atoms with Crippen LogP contribution in [-0.4, -0.2) is 38.5 Å². The minimum absolute atomic E-state index is 0.124. The second-order valence-corrected chi connectivity index (χ2v) is 7.72. The van der Waals surface area contributed by atoms with Crippen molar-refractivity contribution in [3.8, 4) is 0 Å². The minimum Gasteiger partial charge on any atom is -0.444 e. The SMILES string of the molecule is C[C@@H]1C[C@@H](OS(C)(=O)=O)C[C@H]1NC(=O)OC(C)(C)C. The molecular formula is C12H23NO5S. The first-order chi connectivity index (χ1) is 8.46. The predicted octanol–water partition coefficient (Wildman–Crippen LogP) is 1.65. The summed E-state index contributed by atoms with van der Waals surface area (Å²) in [5.74, 6) is 0.152. The molecule has 1 N–H and O–H groups in total. The van der Waals surface area contributed by atoms with Gasteiger partial charge in [-0.15, -0.1) is 0 Å². The van der Waals surface area contributed by atoms with Crippen LogP contribution in [0.15, 0.2) is 0 Å². The summed E-state index contributed by atoms with van der Waals surface area (Å²) in [6.07, 6.45) is 1.27. The molecular weight excluding hydrogens is 270 g/mol. The van der Waals surface area contributed by atoms with Gasteiger partial charge in [0.25, 0.3) is 10.1 Å². The van der Waals surface area contributed by atoms with Crippen LogP contribution in [0.2, 0.25) is 0 Å². The van der Waals surface area contributed by atoms with Crippen molar-refractivity contribution in [1.82, 2.24) is 5.32 Å². The summed E-state index contributed by atoms with van der Waals surface area (Å²) in [5, 5.41) is 2.76. The van der Waals surface area contributed by atoms with E-state index in [0.29, 0.717) is 12.8 Å². The molecule has 0 saturated heterocycles. The van der Waals surface area contributed by atoms with Crippen molar-refractivity contribution >= 4 is 16.2 Å². The van der Waals surface area contributed by atoms with Crippen LogP contribution in [0.4, 0.5) is 4.79 Å². The number of ether oxygens (including phenoxy) is 1. The fourth-order valence-corrected chi connectivity index (χ4v) is 2.83. The molecule has 0 aromatic carbocycles. The summed E-state index contributed by atoms with van der Waals surface area (Å²) < 4.78 is 32.3. The molecule has 0 spiro atoms. The van der Waals surface area contributed by atoms with E-state index in [1.54, 1.807) is 20.8 Å². The molecule has 1 aliphatic rings. The van der Waals surface area contributed by atoms with Gasteiger partial charge in [0, 0.05) is 6.04 Å². The molecule has 6 nitrogen and oxygen atoms in total. The molecule has 3 atom stereocenters. The highest BCUT2D eigenvalue weighted by Gasteiger charge is 2.35. The van der Waals surface area contributed by atoms with Gasteiger partial charge >= 0.3 is 6.09 Å². The van der Waals surface area contributed by atoms with Gasteiger partial charge in [-0.3, -0.25) is 4.18 Å². The Hall–Kier alpha value is -0.820. The first-order valence-electron chi connectivity index (χ1n) is 6.34. The average Bonchev–Trinajstić information content (AvgIpc) is 2.39. The van der Waals surface area contributed by atoms with Crippen molar-refractivity contribution in [2.45, 2.75) is 58.3 Å². The van der Waals surface area contributed by atoms with Crippen LogP contribution in [-0.2, 0) is 19.0 Å². The highest BCUT2D eigenvalue weighted by atomic mass is 32.2. The second kappa shape index (κ2) is 5.66. The van der Waals surface area contributed by atoms with E-state index in [2.05, 4.69) is 5.32 Å². The first kappa shape index (κ1) is 16.2. The molecule has 7 heteroatoms. The second-order valence-electron chi connectivity index (χ2n) is 6.12. The summed E-state index contributed by atoms with van der Waals surface area (Å²) >= 11 is 0. The normalized spacial score (nSPS) is 28.2. The Morgan fingerprint density at radius 2 is 1.84 bits per heavy atom. The zero-order valence-corrected chi connectivity index (χ0v) is 12.9. The van der Waals surface area contributed by atoms with Crippen LogP contribution in [0.5, 0.6) is 0 Å². The van der Waals surface area contributed by atoms with Gasteiger partial charge in [-0.25, -0.2) is 4.79 Å². The Balaban J connectivity index is 2.50. The number of hydrogen-bond donors (Lipinski definition) is 1. The lowest BCUT2D eigenvalue weighted by Crippen LogP contribution is -2.40. The Morgan fingerprint density at radius 3 is 2.32 bits per heavy atom. The Morgan fingerprint density at radius 1 is 1.26 bits per heavy atom. The third-order valence-electron chi connectivity index (χ3n) is 2.85. The van der Waals surface area contributed by atoms with Crippen LogP contribution in [0.1, 0.15) is 40.5 Å². The number of hydrogen-bond acceptors (Lipinski definition) is 5. The van der Waals surface area contributed by atoms with Crippen molar-refractivity contribution in [1.29, 1.82) is 0 Å². The molecule has 112 valence electrons. The lowest BCUT2D eigenvalue weighted by Gasteiger charge is -2.23. The van der Waals surface area contributed by atoms with Crippen molar-refractivity contribution in [3.05, 3.63) is 0 Å². The van der Waals surface area contributed by atoms with Crippen molar-refractivity contribution in [2.24, 2.45) is 5.92 Å². The average molecular weight is 293 g/mol. The van der Waals surface area contributed by atoms with Gasteiger partial charge in [-0.05, 0) is 39.5 Å². The van der Waals surface area contributed by atoms with Gasteiger partial charge in [0.15, 0.2) is 0 Å². The highest BCUT2D eigenvalue weighted by Crippen LogP contribution is 2.29. The fraction of sp³-hybridized carbons (Fsp3) is 0.917. The van der Waals surface area contributed by atoms with E-state index in [4.69, 9.17) is 8.92 Å². The highest BCUT2D eigenvalue weighted by molar-refractivity contribution is 7.86. The maximum absolute atomic E-state index is 11.7. The Bertz CT molecular complexity index is 426. The molecule has 0 aromatic rings. The minimum atomic E-state index is -3.46. The van der Waals surface area contributed by atoms with E-state index in [0.717, 1.165) is 6.26 Å². The van der Waals surface area contributed by atoms with Crippen LogP contribution >= 0.6 is 0 Å². The van der Waals surface area contributed by atoms with Gasteiger partial charge in [0.05, 0.1) is 12.4 Å². The first-order valence-corrected chi connectivity index (χ1v) is 8.16. The van der Waals surface area contributed by atoms with Gasteiger partial charge < -0.3 is 10.1 Å². The van der Waals surface area contributed by atoms with E-state index in [9.17, 15) is 13.2 Å². The van der Waals surface area contributed by atoms with Crippen molar-refractivity contribution in [3.63, 3.8) is 0 Å². The molecule has 1 rings (SSSR count). The van der Waals surface area contributed by atoms with Crippen LogP contribution in [0.25, 0.3) is 0 Å². The van der Waals surface area contributed by atoms with Crippen LogP contribution < -0.4 is 5.32 Å². The number of carbonyl (C=O) groups is 1. The van der Waals surface area contributed by atoms with Crippen LogP contribution in [0, 0.1) is 5.92 Å². The smallest absolute Gasteiger partial charge is 0.407 e. The molecule has 0 heterocycles. The third kappa shape index (κ3) is 6.24. The molecule has 19 heavy (non-hydrogen) atoms. The largest absolute Gasteiger partial charge is 0.444 e. The zero-order valence-electron chi connectivity index (χ0n) is 12.1. The monoisotopic (exact) mass is 293 g/mol. The van der Waals surface area contributed by atoms with Gasteiger partial charge in [-0.2, -0.15) is 8.42 Å². The molecule has 1 saturated carbocycles. The molecule has 1 fully saturated rings. The molecule has 1 aliphatic carbocycles. The molecule has 0 radical (unpaired) electrons. The number of nitrogens with one attached hydrogen (secondary N) is 1. The zero-order chi connectivity index (χ0) is 14.8. The topological polar surface area (TPSA) is 81.7 Å². The van der Waals surface area contributed by atoms with Crippen molar-refractivity contribution in [2.75, 3.05) is 6.26 Å². The van der Waals surface area contributed by atoms with Crippen LogP contribution in [0.3, 0.4) is 0 Å². The standard InChI is InChI=1S/C12H23NO5S/c1-8-6-9(18-19(5,15)16)7-10(8)13-11(14)17-12(2,3)4/h8-10H,6-7H2,1-5H3,(H,13,14)/t8-,9-,10-/m1/s1. The Kier molecular flexibility index (Phi) is 4.84. The maximum atomic E-state index is 11.7. The summed E-state index contributed by atoms with van der Waals surface area (Å²) in [6, 6.07) is -0.124. The van der Waals surface area contributed by atoms with E-state index in [1.807, 2.05) is 6.92 Å². The molecule has 0 aromatic heterocycles. The lowest BCUT2D eigenvalue weighted by atomic mass is 10.1. The molecule has 0 unspecified atom stereocenters. The molecule has 1 amide bonds. The number of carbonyl (C=O) groups excluding carboxylic acids is 1. The van der Waals surface area contributed by atoms with Gasteiger partial charge in [-0.1, -0.05) is 6.92 Å². The quantitative estimate of drug-likeness (QED) is 0.800. The number of rotatable bonds is 3. The molecule has 0 bridgehead atoms. The summed E-state index contributed by atoms with van der Waals surface area (Å²) in [5.41, 5.74) is -0.547. The Labute approximate surface area is 115 Å². The van der Waals surface area contributed by atoms with Crippen molar-refractivity contribution < 1.29 is 22.1 Å². The summed E-state index contributed by atoms with van der Waals surface area (Å²) in [6.45, 7) is 7.33. The number of alkyl carbamates (subject to hydrolysis) is 1. The third-order valence-corrected chi connectivity index (χ3v) is 3.47. The van der Waals surface area contributed by atoms with E-state index < -0.39 is 21.8 Å². The van der Waals surface area contributed by atoms with E-state index in [-0.39, 0.29) is 18.1 Å².